The van der Waals surface area contributed by atoms with Crippen molar-refractivity contribution in [3.05, 3.63) is 46.2 Å². The van der Waals surface area contributed by atoms with Gasteiger partial charge in [-0.25, -0.2) is 8.42 Å². The number of amides is 1. The summed E-state index contributed by atoms with van der Waals surface area (Å²) in [5.74, 6) is -1.78. The number of hydroxylamine groups is 2. The van der Waals surface area contributed by atoms with Crippen molar-refractivity contribution < 1.29 is 32.7 Å². The minimum Gasteiger partial charge on any atom is -0.480 e. The molecule has 2 heterocycles. The van der Waals surface area contributed by atoms with Crippen LogP contribution in [0.4, 0.5) is 0 Å². The first kappa shape index (κ1) is 26.4. The monoisotopic (exact) mass is 510 g/mol. The van der Waals surface area contributed by atoms with E-state index in [9.17, 15) is 23.1 Å². The number of carboxylic acids is 1. The Labute approximate surface area is 203 Å². The van der Waals surface area contributed by atoms with Gasteiger partial charge in [-0.2, -0.15) is 9.79 Å². The molecule has 1 fully saturated rings. The first-order valence-corrected chi connectivity index (χ1v) is 12.3. The highest BCUT2D eigenvalue weighted by atomic mass is 32.2. The third kappa shape index (κ3) is 6.28. The van der Waals surface area contributed by atoms with Crippen LogP contribution in [-0.2, 0) is 29.2 Å². The Morgan fingerprint density at radius 2 is 1.94 bits per heavy atom. The number of amidine groups is 1. The number of nitrogens with zero attached hydrogens (tertiary/aromatic N) is 2. The van der Waals surface area contributed by atoms with E-state index in [4.69, 9.17) is 20.7 Å². The molecular formula is C21H30N6O7S. The van der Waals surface area contributed by atoms with Crippen molar-refractivity contribution in [2.45, 2.75) is 38.0 Å². The molecule has 35 heavy (non-hydrogen) atoms. The van der Waals surface area contributed by atoms with Gasteiger partial charge in [-0.15, -0.1) is 0 Å². The molecule has 2 aliphatic rings. The molecular weight excluding hydrogens is 480 g/mol. The molecule has 0 aromatic heterocycles. The van der Waals surface area contributed by atoms with E-state index in [-0.39, 0.29) is 35.8 Å². The SMILES string of the molecule is CC1=C(S(=O)(=O)N[C@@H](CNC(=O)C[C@@H]2C[C@H](c3ccc(C(=N)N)cc3)N(C)O2)C(=O)O)N(C)CO1. The average molecular weight is 511 g/mol. The lowest BCUT2D eigenvalue weighted by Gasteiger charge is -2.19. The van der Waals surface area contributed by atoms with E-state index in [1.807, 2.05) is 12.1 Å². The topological polar surface area (TPSA) is 187 Å². The van der Waals surface area contributed by atoms with Crippen LogP contribution in [0.25, 0.3) is 0 Å². The summed E-state index contributed by atoms with van der Waals surface area (Å²) < 4.78 is 32.6. The molecule has 2 aliphatic heterocycles. The number of benzene rings is 1. The molecule has 0 unspecified atom stereocenters. The summed E-state index contributed by atoms with van der Waals surface area (Å²) in [6.45, 7) is 1.07. The van der Waals surface area contributed by atoms with Crippen LogP contribution in [0.5, 0.6) is 0 Å². The molecule has 3 rings (SSSR count). The smallest absolute Gasteiger partial charge is 0.323 e. The van der Waals surface area contributed by atoms with Crippen molar-refractivity contribution in [1.82, 2.24) is 20.0 Å². The summed E-state index contributed by atoms with van der Waals surface area (Å²) >= 11 is 0. The van der Waals surface area contributed by atoms with E-state index in [2.05, 4.69) is 10.0 Å². The standard InChI is InChI=1S/C21H30N6O7S/c1-12-20(26(2)11-33-12)35(31,32)25-16(21(29)30)10-24-18(28)9-15-8-17(27(3)34-15)13-4-6-14(7-5-13)19(22)23/h4-7,15-17,25H,8-11H2,1-3H3,(H3,22,23)(H,24,28)(H,29,30)/t15-,16-,17+/m0/s1. The van der Waals surface area contributed by atoms with Crippen LogP contribution in [0.2, 0.25) is 0 Å². The Morgan fingerprint density at radius 1 is 1.29 bits per heavy atom. The number of nitrogen functional groups attached to an aromatic ring is 1. The molecule has 0 radical (unpaired) electrons. The maximum absolute atomic E-state index is 12.6. The number of aliphatic carboxylic acids is 1. The largest absolute Gasteiger partial charge is 0.480 e. The minimum atomic E-state index is -4.18. The molecule has 6 N–H and O–H groups in total. The first-order chi connectivity index (χ1) is 16.4. The number of carbonyl (C=O) groups is 2. The Hall–Kier alpha value is -3.20. The Bertz CT molecular complexity index is 1120. The molecule has 1 amide bonds. The molecule has 3 atom stereocenters. The van der Waals surface area contributed by atoms with Gasteiger partial charge in [0, 0.05) is 26.2 Å². The third-order valence-electron chi connectivity index (χ3n) is 5.74. The molecule has 14 heteroatoms. The van der Waals surface area contributed by atoms with Crippen molar-refractivity contribution in [3.8, 4) is 0 Å². The predicted molar refractivity (Wildman–Crippen MR) is 125 cm³/mol. The summed E-state index contributed by atoms with van der Waals surface area (Å²) in [5.41, 5.74) is 7.03. The summed E-state index contributed by atoms with van der Waals surface area (Å²) in [7, 11) is -0.927. The number of ether oxygens (including phenoxy) is 1. The van der Waals surface area contributed by atoms with Crippen molar-refractivity contribution in [2.24, 2.45) is 5.73 Å². The summed E-state index contributed by atoms with van der Waals surface area (Å²) in [4.78, 5) is 31.2. The summed E-state index contributed by atoms with van der Waals surface area (Å²) in [6, 6.07) is 5.48. The van der Waals surface area contributed by atoms with Crippen molar-refractivity contribution in [3.63, 3.8) is 0 Å². The van der Waals surface area contributed by atoms with Gasteiger partial charge in [0.05, 0.1) is 18.6 Å². The Morgan fingerprint density at radius 3 is 2.49 bits per heavy atom. The van der Waals surface area contributed by atoms with Gasteiger partial charge in [-0.3, -0.25) is 19.8 Å². The summed E-state index contributed by atoms with van der Waals surface area (Å²) in [6.07, 6.45) is 0.0271. The van der Waals surface area contributed by atoms with Gasteiger partial charge in [-0.1, -0.05) is 24.3 Å². The van der Waals surface area contributed by atoms with E-state index in [0.717, 1.165) is 5.56 Å². The van der Waals surface area contributed by atoms with E-state index >= 15 is 0 Å². The number of hydrogen-bond acceptors (Lipinski definition) is 9. The molecule has 1 saturated heterocycles. The van der Waals surface area contributed by atoms with Crippen molar-refractivity contribution in [1.29, 1.82) is 5.41 Å². The number of nitrogens with one attached hydrogen (secondary N) is 3. The number of allylic oxidation sites excluding steroid dienone is 1. The second kappa shape index (κ2) is 10.6. The van der Waals surface area contributed by atoms with E-state index in [1.165, 1.54) is 18.9 Å². The minimum absolute atomic E-state index is 0.0282. The molecule has 0 bridgehead atoms. The zero-order valence-electron chi connectivity index (χ0n) is 19.6. The Kier molecular flexibility index (Phi) is 8.00. The number of hydrogen-bond donors (Lipinski definition) is 5. The number of carboxylic acid groups (broad SMARTS) is 1. The first-order valence-electron chi connectivity index (χ1n) is 10.8. The second-order valence-electron chi connectivity index (χ2n) is 8.41. The lowest BCUT2D eigenvalue weighted by molar-refractivity contribution is -0.152. The van der Waals surface area contributed by atoms with Crippen LogP contribution >= 0.6 is 0 Å². The lowest BCUT2D eigenvalue weighted by atomic mass is 9.99. The second-order valence-corrected chi connectivity index (χ2v) is 10.0. The van der Waals surface area contributed by atoms with Crippen LogP contribution in [0, 0.1) is 5.41 Å². The van der Waals surface area contributed by atoms with Crippen molar-refractivity contribution in [2.75, 3.05) is 27.4 Å². The zero-order valence-corrected chi connectivity index (χ0v) is 20.5. The third-order valence-corrected chi connectivity index (χ3v) is 7.44. The van der Waals surface area contributed by atoms with E-state index in [1.54, 1.807) is 24.2 Å². The fourth-order valence-corrected chi connectivity index (χ4v) is 5.57. The molecule has 1 aromatic carbocycles. The maximum Gasteiger partial charge on any atom is 0.323 e. The van der Waals surface area contributed by atoms with E-state index in [0.29, 0.717) is 12.0 Å². The molecule has 0 aliphatic carbocycles. The molecule has 0 saturated carbocycles. The van der Waals surface area contributed by atoms with Crippen LogP contribution in [0.1, 0.15) is 36.9 Å². The lowest BCUT2D eigenvalue weighted by Crippen LogP contribution is -2.49. The van der Waals surface area contributed by atoms with Crippen LogP contribution in [0.15, 0.2) is 35.1 Å². The Balaban J connectivity index is 1.55. The van der Waals surface area contributed by atoms with Gasteiger partial charge in [0.2, 0.25) is 5.91 Å². The number of carbonyl (C=O) groups excluding carboxylic acids is 1. The molecule has 0 spiro atoms. The van der Waals surface area contributed by atoms with Gasteiger partial charge in [0.1, 0.15) is 17.6 Å². The number of rotatable bonds is 10. The fourth-order valence-electron chi connectivity index (χ4n) is 4.00. The highest BCUT2D eigenvalue weighted by Gasteiger charge is 2.36. The fraction of sp³-hybridized carbons (Fsp3) is 0.476. The molecule has 192 valence electrons. The zero-order chi connectivity index (χ0) is 25.9. The summed E-state index contributed by atoms with van der Waals surface area (Å²) in [5, 5.41) is 20.9. The average Bonchev–Trinajstić information content (AvgIpc) is 3.32. The molecule has 13 nitrogen and oxygen atoms in total. The number of sulfonamides is 1. The van der Waals surface area contributed by atoms with Gasteiger partial charge in [-0.05, 0) is 18.9 Å². The predicted octanol–water partition coefficient (Wildman–Crippen LogP) is -0.365. The van der Waals surface area contributed by atoms with Gasteiger partial charge in [0.25, 0.3) is 10.0 Å². The van der Waals surface area contributed by atoms with E-state index < -0.39 is 40.6 Å². The van der Waals surface area contributed by atoms with Gasteiger partial charge < -0.3 is 25.8 Å². The molecule has 1 aromatic rings. The maximum atomic E-state index is 12.6. The quantitative estimate of drug-likeness (QED) is 0.205. The van der Waals surface area contributed by atoms with Crippen LogP contribution in [-0.4, -0.2) is 80.7 Å². The van der Waals surface area contributed by atoms with Gasteiger partial charge in [0.15, 0.2) is 11.8 Å². The normalized spacial score (nSPS) is 21.6. The highest BCUT2D eigenvalue weighted by Crippen LogP contribution is 2.34. The number of nitrogens with two attached hydrogens (primary N) is 1. The highest BCUT2D eigenvalue weighted by molar-refractivity contribution is 7.93. The van der Waals surface area contributed by atoms with Crippen molar-refractivity contribution >= 4 is 27.7 Å². The van der Waals surface area contributed by atoms with Gasteiger partial charge >= 0.3 is 5.97 Å². The van der Waals surface area contributed by atoms with Crippen LogP contribution < -0.4 is 15.8 Å². The van der Waals surface area contributed by atoms with Crippen LogP contribution in [0.3, 0.4) is 0 Å².